The Labute approximate surface area is 332 Å². The normalized spacial score (nSPS) is 7.89. The fourth-order valence-corrected chi connectivity index (χ4v) is 1.94. The average Bonchev–Trinajstić information content (AvgIpc) is 2.88. The Hall–Kier alpha value is -5.78. The summed E-state index contributed by atoms with van der Waals surface area (Å²) in [7, 11) is 0. The van der Waals surface area contributed by atoms with Crippen LogP contribution in [0.5, 0.6) is 0 Å². The van der Waals surface area contributed by atoms with Crippen LogP contribution in [0.4, 0.5) is 0 Å². The second-order valence-corrected chi connectivity index (χ2v) is 14.4. The molecule has 0 aromatic carbocycles. The molecule has 0 atom stereocenters. The lowest BCUT2D eigenvalue weighted by molar-refractivity contribution is -0.193. The molecule has 0 aliphatic carbocycles. The number of carbonyl (C=O) groups excluding carboxylic acids is 12. The van der Waals surface area contributed by atoms with Crippen LogP contribution < -0.4 is 0 Å². The Bertz CT molecular complexity index is 966. The number of carboxylic acid groups (broad SMARTS) is 2. The lowest BCUT2D eigenvalue weighted by atomic mass is 9.89. The van der Waals surface area contributed by atoms with E-state index in [-0.39, 0.29) is 65.7 Å². The largest absolute Gasteiger partial charge is 0.483 e. The van der Waals surface area contributed by atoms with Gasteiger partial charge in [0.1, 0.15) is 22.8 Å². The van der Waals surface area contributed by atoms with Crippen LogP contribution in [-0.2, 0) is 76.6 Å². The van der Waals surface area contributed by atoms with Gasteiger partial charge in [0.05, 0.1) is 0 Å². The number of ketones is 2. The average molecular weight is 813 g/mol. The molecule has 0 aromatic rings. The Balaban J connectivity index is -0.0000000386. The summed E-state index contributed by atoms with van der Waals surface area (Å²) in [5.41, 5.74) is 2.40. The van der Waals surface area contributed by atoms with Gasteiger partial charge < -0.3 is 29.3 Å². The number of ether oxygens (including phenoxy) is 2. The molecular weight excluding hydrogens is 744 g/mol. The van der Waals surface area contributed by atoms with Gasteiger partial charge in [0.15, 0.2) is 0 Å². The quantitative estimate of drug-likeness (QED) is 0.237. The number of carbonyl (C=O) groups is 6. The molecule has 0 saturated carbocycles. The zero-order chi connectivity index (χ0) is 48.8. The van der Waals surface area contributed by atoms with Crippen molar-refractivity contribution in [2.45, 2.75) is 149 Å². The smallest absolute Gasteiger partial charge is 0.373 e. The number of hydrogen-bond donors (Lipinski definition) is 2. The van der Waals surface area contributed by atoms with E-state index >= 15 is 0 Å². The van der Waals surface area contributed by atoms with E-state index < -0.39 is 0 Å². The van der Waals surface area contributed by atoms with Gasteiger partial charge in [-0.05, 0) is 100 Å². The van der Waals surface area contributed by atoms with Gasteiger partial charge in [-0.1, -0.05) is 52.7 Å². The van der Waals surface area contributed by atoms with Crippen molar-refractivity contribution in [1.82, 2.24) is 0 Å². The first-order valence-corrected chi connectivity index (χ1v) is 15.5. The number of Topliss-reactive ketones (excluding diaryl/α,β-unsaturated/α-hetero) is 2. The molecule has 0 rings (SSSR count). The van der Waals surface area contributed by atoms with Gasteiger partial charge in [0.2, 0.25) is 0 Å². The van der Waals surface area contributed by atoms with E-state index in [2.05, 4.69) is 71.1 Å². The molecule has 18 nitrogen and oxygen atoms in total. The first-order chi connectivity index (χ1) is 24.9. The third-order valence-electron chi connectivity index (χ3n) is 2.41. The van der Waals surface area contributed by atoms with Gasteiger partial charge in [0.25, 0.3) is 25.9 Å². The molecule has 0 spiro atoms. The van der Waals surface area contributed by atoms with Crippen LogP contribution in [0.15, 0.2) is 24.3 Å². The van der Waals surface area contributed by atoms with Gasteiger partial charge in [-0.3, -0.25) is 19.2 Å². The van der Waals surface area contributed by atoms with Crippen molar-refractivity contribution in [2.24, 2.45) is 10.8 Å². The predicted molar refractivity (Wildman–Crippen MR) is 202 cm³/mol. The fourth-order valence-electron chi connectivity index (χ4n) is 1.94. The lowest BCUT2D eigenvalue weighted by Gasteiger charge is -2.17. The van der Waals surface area contributed by atoms with Gasteiger partial charge in [-0.2, -0.15) is 38.4 Å². The lowest BCUT2D eigenvalue weighted by Crippen LogP contribution is -2.17. The monoisotopic (exact) mass is 812 g/mol. The summed E-state index contributed by atoms with van der Waals surface area (Å²) >= 11 is 0. The minimum absolute atomic E-state index is 0.167. The summed E-state index contributed by atoms with van der Waals surface area (Å²) < 4.78 is 9.10. The molecule has 0 aliphatic heterocycles. The molecule has 0 fully saturated rings. The van der Waals surface area contributed by atoms with E-state index in [1.165, 1.54) is 25.0 Å². The predicted octanol–water partition coefficient (Wildman–Crippen LogP) is 6.17. The molecule has 0 bridgehead atoms. The van der Waals surface area contributed by atoms with Crippen LogP contribution in [0.25, 0.3) is 0 Å². The molecule has 0 heterocycles. The summed E-state index contributed by atoms with van der Waals surface area (Å²) in [4.78, 5) is 121. The molecule has 0 radical (unpaired) electrons. The maximum absolute atomic E-state index is 10.5. The van der Waals surface area contributed by atoms with E-state index in [1.807, 2.05) is 55.4 Å². The highest BCUT2D eigenvalue weighted by molar-refractivity contribution is 5.76. The molecule has 0 saturated heterocycles. The van der Waals surface area contributed by atoms with Gasteiger partial charge in [-0.15, -0.1) is 13.2 Å². The summed E-state index contributed by atoms with van der Waals surface area (Å²) in [6, 6.07) is 0. The zero-order valence-electron chi connectivity index (χ0n) is 36.6. The highest BCUT2D eigenvalue weighted by Crippen LogP contribution is 2.22. The van der Waals surface area contributed by atoms with Crippen molar-refractivity contribution in [2.75, 3.05) is 0 Å². The van der Waals surface area contributed by atoms with Crippen molar-refractivity contribution < 1.29 is 86.8 Å². The van der Waals surface area contributed by atoms with Crippen molar-refractivity contribution in [3.05, 3.63) is 24.3 Å². The number of allylic oxidation sites excluding steroid dienone is 2. The van der Waals surface area contributed by atoms with E-state index in [1.54, 1.807) is 6.92 Å². The first-order valence-electron chi connectivity index (χ1n) is 15.5. The molecular formula is C38H68O18. The topological polar surface area (TPSA) is 298 Å². The van der Waals surface area contributed by atoms with Gasteiger partial charge >= 0.3 is 24.6 Å². The Morgan fingerprint density at radius 3 is 0.643 bits per heavy atom. The highest BCUT2D eigenvalue weighted by atomic mass is 16.5. The third-order valence-corrected chi connectivity index (χ3v) is 2.41. The van der Waals surface area contributed by atoms with Crippen molar-refractivity contribution in [3.8, 4) is 0 Å². The molecule has 2 N–H and O–H groups in total. The molecule has 0 aliphatic rings. The molecule has 0 amide bonds. The van der Waals surface area contributed by atoms with E-state index in [9.17, 15) is 19.2 Å². The van der Waals surface area contributed by atoms with Crippen molar-refractivity contribution >= 4 is 62.1 Å². The summed E-state index contributed by atoms with van der Waals surface area (Å²) in [5, 5.41) is 13.8. The second-order valence-electron chi connectivity index (χ2n) is 14.4. The van der Waals surface area contributed by atoms with Gasteiger partial charge in [-0.25, -0.2) is 0 Å². The van der Waals surface area contributed by atoms with Crippen LogP contribution in [0.1, 0.15) is 137 Å². The van der Waals surface area contributed by atoms with Crippen molar-refractivity contribution in [3.63, 3.8) is 0 Å². The summed E-state index contributed by atoms with van der Waals surface area (Å²) in [6.45, 7) is 42.3. The first kappa shape index (κ1) is 83.3. The molecule has 18 heteroatoms. The molecule has 328 valence electrons. The summed E-state index contributed by atoms with van der Waals surface area (Å²) in [5.74, 6) is 0.442. The number of hydrogen-bond acceptors (Lipinski definition) is 16. The molecule has 0 aromatic heterocycles. The zero-order valence-corrected chi connectivity index (χ0v) is 36.6. The standard InChI is InChI=1S/C8H16.C7H14O.2C5H10O2.C4H8.C3H6O.2CH2O2.4CO2/c1-7(2)6-8(3,4)5;1-6(8)5-7(2,3)4;2*1-5(2,3)7-4-6;1-4(2)3;1-3(2)4;6*2-1-3/h1,6H2,2-5H3;5H2,1-4H3;2*4H,1-3H3;1H2,2-3H3;1-2H3;2*1H,(H,2,3);;;;. The second kappa shape index (κ2) is 64.2. The maximum atomic E-state index is 10.5. The SMILES string of the molecule is C=C(C)C.C=C(C)CC(C)(C)C.CC(=O)CC(C)(C)C.CC(C)(C)OC=O.CC(C)(C)OC=O.CC(C)=O.O=C=O.O=C=O.O=C=O.O=C=O.O=CO.O=CO. The fraction of sp³-hybridized carbons (Fsp3) is 0.632. The van der Waals surface area contributed by atoms with Crippen molar-refractivity contribution in [1.29, 1.82) is 0 Å². The van der Waals surface area contributed by atoms with Crippen LogP contribution in [0.3, 0.4) is 0 Å². The Morgan fingerprint density at radius 1 is 0.500 bits per heavy atom. The molecule has 0 unspecified atom stereocenters. The third kappa shape index (κ3) is 720. The maximum Gasteiger partial charge on any atom is 0.373 e. The van der Waals surface area contributed by atoms with Crippen LogP contribution in [0.2, 0.25) is 0 Å². The minimum Gasteiger partial charge on any atom is -0.483 e. The van der Waals surface area contributed by atoms with Crippen LogP contribution >= 0.6 is 0 Å². The minimum atomic E-state index is -0.318. The highest BCUT2D eigenvalue weighted by Gasteiger charge is 2.12. The van der Waals surface area contributed by atoms with Crippen LogP contribution in [0, 0.1) is 10.8 Å². The van der Waals surface area contributed by atoms with E-state index in [0.29, 0.717) is 24.8 Å². The number of rotatable bonds is 4. The Morgan fingerprint density at radius 2 is 0.643 bits per heavy atom. The van der Waals surface area contributed by atoms with E-state index in [0.717, 1.165) is 6.42 Å². The van der Waals surface area contributed by atoms with Gasteiger partial charge in [0, 0.05) is 6.42 Å². The Kier molecular flexibility index (Phi) is 95.5. The van der Waals surface area contributed by atoms with Crippen LogP contribution in [-0.4, -0.2) is 83.5 Å². The molecule has 56 heavy (non-hydrogen) atoms. The van der Waals surface area contributed by atoms with E-state index in [4.69, 9.17) is 58.2 Å². The summed E-state index contributed by atoms with van der Waals surface area (Å²) in [6.07, 6.45) is 2.82.